The number of rotatable bonds is 3. The Bertz CT molecular complexity index is 737. The molecule has 0 amide bonds. The minimum absolute atomic E-state index is 1.25. The Balaban J connectivity index is 2.15. The van der Waals surface area contributed by atoms with E-state index in [-0.39, 0.29) is 0 Å². The van der Waals surface area contributed by atoms with Crippen molar-refractivity contribution in [2.75, 3.05) is 0 Å². The molecule has 0 heteroatoms. The summed E-state index contributed by atoms with van der Waals surface area (Å²) in [5, 5.41) is 0. The Hall–Kier alpha value is -2.60. The number of benzene rings is 3. The summed E-state index contributed by atoms with van der Waals surface area (Å²) >= 11 is 0. The van der Waals surface area contributed by atoms with E-state index < -0.39 is 0 Å². The highest BCUT2D eigenvalue weighted by molar-refractivity contribution is 5.88. The summed E-state index contributed by atoms with van der Waals surface area (Å²) in [6, 6.07) is 29.7. The molecule has 0 atom stereocenters. The first-order valence-electron chi connectivity index (χ1n) is 7.26. The molecule has 0 radical (unpaired) electrons. The van der Waals surface area contributed by atoms with Crippen molar-refractivity contribution in [3.05, 3.63) is 102 Å². The SMILES string of the molecule is C/C=C(/c1ccccc1)c1ccccc1-c1ccccc1. The first kappa shape index (κ1) is 13.4. The van der Waals surface area contributed by atoms with Gasteiger partial charge in [0.25, 0.3) is 0 Å². The first-order chi connectivity index (χ1) is 10.4. The monoisotopic (exact) mass is 270 g/mol. The zero-order chi connectivity index (χ0) is 14.5. The molecule has 3 aromatic rings. The highest BCUT2D eigenvalue weighted by atomic mass is 14.1. The van der Waals surface area contributed by atoms with Gasteiger partial charge < -0.3 is 0 Å². The Labute approximate surface area is 126 Å². The van der Waals surface area contributed by atoms with Crippen molar-refractivity contribution in [3.8, 4) is 11.1 Å². The van der Waals surface area contributed by atoms with Crippen molar-refractivity contribution in [1.82, 2.24) is 0 Å². The van der Waals surface area contributed by atoms with E-state index in [0.29, 0.717) is 0 Å². The van der Waals surface area contributed by atoms with Crippen molar-refractivity contribution >= 4 is 5.57 Å². The van der Waals surface area contributed by atoms with E-state index in [0.717, 1.165) is 0 Å². The molecule has 0 aromatic heterocycles. The van der Waals surface area contributed by atoms with E-state index in [1.165, 1.54) is 27.8 Å². The highest BCUT2D eigenvalue weighted by Crippen LogP contribution is 2.32. The van der Waals surface area contributed by atoms with Gasteiger partial charge in [0.15, 0.2) is 0 Å². The van der Waals surface area contributed by atoms with E-state index in [1.807, 2.05) is 0 Å². The number of allylic oxidation sites excluding steroid dienone is 1. The first-order valence-corrected chi connectivity index (χ1v) is 7.26. The molecule has 0 aliphatic heterocycles. The van der Waals surface area contributed by atoms with Gasteiger partial charge in [0.2, 0.25) is 0 Å². The summed E-state index contributed by atoms with van der Waals surface area (Å²) in [4.78, 5) is 0. The minimum atomic E-state index is 1.25. The predicted molar refractivity (Wildman–Crippen MR) is 91.1 cm³/mol. The molecule has 3 aromatic carbocycles. The lowest BCUT2D eigenvalue weighted by atomic mass is 9.90. The molecule has 0 aliphatic rings. The van der Waals surface area contributed by atoms with E-state index in [1.54, 1.807) is 0 Å². The quantitative estimate of drug-likeness (QED) is 0.563. The Morgan fingerprint density at radius 1 is 0.667 bits per heavy atom. The van der Waals surface area contributed by atoms with Crippen LogP contribution in [0.15, 0.2) is 91.0 Å². The molecule has 3 rings (SSSR count). The molecule has 0 saturated carbocycles. The summed E-state index contributed by atoms with van der Waals surface area (Å²) in [6.07, 6.45) is 2.19. The van der Waals surface area contributed by atoms with Crippen LogP contribution in [0.2, 0.25) is 0 Å². The van der Waals surface area contributed by atoms with Gasteiger partial charge in [0.1, 0.15) is 0 Å². The fourth-order valence-corrected chi connectivity index (χ4v) is 2.68. The molecule has 0 heterocycles. The molecular weight excluding hydrogens is 252 g/mol. The summed E-state index contributed by atoms with van der Waals surface area (Å²) in [6.45, 7) is 2.10. The van der Waals surface area contributed by atoms with Gasteiger partial charge in [-0.25, -0.2) is 0 Å². The third-order valence-corrected chi connectivity index (χ3v) is 3.68. The van der Waals surface area contributed by atoms with Crippen LogP contribution >= 0.6 is 0 Å². The van der Waals surface area contributed by atoms with E-state index in [4.69, 9.17) is 0 Å². The largest absolute Gasteiger partial charge is 0.0792 e. The highest BCUT2D eigenvalue weighted by Gasteiger charge is 2.09. The van der Waals surface area contributed by atoms with Gasteiger partial charge in [-0.05, 0) is 34.8 Å². The second-order valence-electron chi connectivity index (χ2n) is 4.98. The fourth-order valence-electron chi connectivity index (χ4n) is 2.68. The molecule has 102 valence electrons. The van der Waals surface area contributed by atoms with E-state index in [9.17, 15) is 0 Å². The average molecular weight is 270 g/mol. The van der Waals surface area contributed by atoms with Crippen LogP contribution in [0.3, 0.4) is 0 Å². The standard InChI is InChI=1S/C21H18/c1-2-19(17-11-5-3-6-12-17)21-16-10-9-15-20(21)18-13-7-4-8-14-18/h2-16H,1H3/b19-2-. The normalized spacial score (nSPS) is 11.4. The van der Waals surface area contributed by atoms with Gasteiger partial charge in [-0.1, -0.05) is 91.0 Å². The molecule has 0 nitrogen and oxygen atoms in total. The molecule has 0 unspecified atom stereocenters. The topological polar surface area (TPSA) is 0 Å². The molecule has 0 spiro atoms. The lowest BCUT2D eigenvalue weighted by molar-refractivity contribution is 1.51. The van der Waals surface area contributed by atoms with Crippen LogP contribution < -0.4 is 0 Å². The van der Waals surface area contributed by atoms with Gasteiger partial charge in [0.05, 0.1) is 0 Å². The van der Waals surface area contributed by atoms with Crippen molar-refractivity contribution < 1.29 is 0 Å². The van der Waals surface area contributed by atoms with Crippen LogP contribution in [-0.4, -0.2) is 0 Å². The zero-order valence-corrected chi connectivity index (χ0v) is 12.2. The molecule has 0 bridgehead atoms. The van der Waals surface area contributed by atoms with Crippen LogP contribution in [0.4, 0.5) is 0 Å². The van der Waals surface area contributed by atoms with Crippen molar-refractivity contribution in [1.29, 1.82) is 0 Å². The minimum Gasteiger partial charge on any atom is -0.0792 e. The van der Waals surface area contributed by atoms with Gasteiger partial charge >= 0.3 is 0 Å². The third-order valence-electron chi connectivity index (χ3n) is 3.68. The molecular formula is C21H18. The van der Waals surface area contributed by atoms with Crippen LogP contribution in [0.25, 0.3) is 16.7 Å². The zero-order valence-electron chi connectivity index (χ0n) is 12.2. The smallest absolute Gasteiger partial charge is 0.0103 e. The molecule has 0 saturated heterocycles. The number of hydrogen-bond donors (Lipinski definition) is 0. The van der Waals surface area contributed by atoms with Crippen LogP contribution in [-0.2, 0) is 0 Å². The maximum Gasteiger partial charge on any atom is -0.0103 e. The van der Waals surface area contributed by atoms with Gasteiger partial charge in [-0.3, -0.25) is 0 Å². The van der Waals surface area contributed by atoms with Gasteiger partial charge in [0, 0.05) is 0 Å². The van der Waals surface area contributed by atoms with Crippen LogP contribution in [0.1, 0.15) is 18.1 Å². The maximum atomic E-state index is 2.20. The molecule has 0 aliphatic carbocycles. The summed E-state index contributed by atoms with van der Waals surface area (Å²) in [5.41, 5.74) is 6.33. The Morgan fingerprint density at radius 2 is 1.24 bits per heavy atom. The molecule has 0 fully saturated rings. The van der Waals surface area contributed by atoms with Gasteiger partial charge in [-0.15, -0.1) is 0 Å². The average Bonchev–Trinajstić information content (AvgIpc) is 2.58. The maximum absolute atomic E-state index is 2.20. The third kappa shape index (κ3) is 2.80. The summed E-state index contributed by atoms with van der Waals surface area (Å²) in [7, 11) is 0. The van der Waals surface area contributed by atoms with Crippen LogP contribution in [0, 0.1) is 0 Å². The predicted octanol–water partition coefficient (Wildman–Crippen LogP) is 5.81. The van der Waals surface area contributed by atoms with E-state index in [2.05, 4.69) is 97.9 Å². The lowest BCUT2D eigenvalue weighted by Gasteiger charge is -2.13. The van der Waals surface area contributed by atoms with Crippen LogP contribution in [0.5, 0.6) is 0 Å². The summed E-state index contributed by atoms with van der Waals surface area (Å²) in [5.74, 6) is 0. The Kier molecular flexibility index (Phi) is 3.97. The van der Waals surface area contributed by atoms with Crippen molar-refractivity contribution in [2.24, 2.45) is 0 Å². The molecule has 21 heavy (non-hydrogen) atoms. The second-order valence-corrected chi connectivity index (χ2v) is 4.98. The number of hydrogen-bond acceptors (Lipinski definition) is 0. The molecule has 0 N–H and O–H groups in total. The second kappa shape index (κ2) is 6.23. The lowest BCUT2D eigenvalue weighted by Crippen LogP contribution is -1.91. The van der Waals surface area contributed by atoms with Crippen molar-refractivity contribution in [2.45, 2.75) is 6.92 Å². The summed E-state index contributed by atoms with van der Waals surface area (Å²) < 4.78 is 0. The van der Waals surface area contributed by atoms with E-state index >= 15 is 0 Å². The fraction of sp³-hybridized carbons (Fsp3) is 0.0476. The Morgan fingerprint density at radius 3 is 1.90 bits per heavy atom. The van der Waals surface area contributed by atoms with Crippen molar-refractivity contribution in [3.63, 3.8) is 0 Å². The van der Waals surface area contributed by atoms with Gasteiger partial charge in [-0.2, -0.15) is 0 Å².